The Morgan fingerprint density at radius 2 is 2.15 bits per heavy atom. The number of anilines is 1. The maximum atomic E-state index is 4.43. The molecule has 0 aliphatic heterocycles. The van der Waals surface area contributed by atoms with Gasteiger partial charge in [-0.3, -0.25) is 9.08 Å². The van der Waals surface area contributed by atoms with Crippen LogP contribution >= 0.6 is 15.9 Å². The number of pyridine rings is 1. The maximum absolute atomic E-state index is 4.43. The van der Waals surface area contributed by atoms with Crippen LogP contribution in [-0.4, -0.2) is 19.2 Å². The van der Waals surface area contributed by atoms with E-state index in [1.165, 1.54) is 11.3 Å². The van der Waals surface area contributed by atoms with E-state index in [1.54, 1.807) is 0 Å². The Morgan fingerprint density at radius 1 is 1.35 bits per heavy atom. The van der Waals surface area contributed by atoms with Crippen molar-refractivity contribution in [1.29, 1.82) is 0 Å². The Morgan fingerprint density at radius 3 is 2.85 bits per heavy atom. The average Bonchev–Trinajstić information content (AvgIpc) is 2.92. The number of imidazole rings is 1. The molecule has 0 bridgehead atoms. The van der Waals surface area contributed by atoms with Crippen molar-refractivity contribution in [2.45, 2.75) is 20.4 Å². The van der Waals surface area contributed by atoms with E-state index in [4.69, 9.17) is 0 Å². The summed E-state index contributed by atoms with van der Waals surface area (Å²) in [5.74, 6) is 0.976. The van der Waals surface area contributed by atoms with E-state index < -0.39 is 0 Å². The van der Waals surface area contributed by atoms with Gasteiger partial charge in [-0.1, -0.05) is 0 Å². The van der Waals surface area contributed by atoms with Gasteiger partial charge in [-0.25, -0.2) is 4.98 Å². The quantitative estimate of drug-likeness (QED) is 0.801. The van der Waals surface area contributed by atoms with Crippen molar-refractivity contribution < 1.29 is 0 Å². The largest absolute Gasteiger partial charge is 0.366 e. The normalized spacial score (nSPS) is 11.2. The molecule has 104 valence electrons. The minimum atomic E-state index is 0.742. The monoisotopic (exact) mass is 333 g/mol. The van der Waals surface area contributed by atoms with Gasteiger partial charge in [-0.05, 0) is 41.9 Å². The Labute approximate surface area is 125 Å². The Hall–Kier alpha value is -1.82. The number of nitrogens with one attached hydrogen (secondary N) is 1. The van der Waals surface area contributed by atoms with Crippen LogP contribution in [0.2, 0.25) is 0 Å². The van der Waals surface area contributed by atoms with E-state index in [-0.39, 0.29) is 0 Å². The summed E-state index contributed by atoms with van der Waals surface area (Å²) in [7, 11) is 1.97. The lowest BCUT2D eigenvalue weighted by atomic mass is 10.2. The van der Waals surface area contributed by atoms with E-state index in [0.29, 0.717) is 0 Å². The van der Waals surface area contributed by atoms with Gasteiger partial charge in [0, 0.05) is 31.0 Å². The van der Waals surface area contributed by atoms with Crippen molar-refractivity contribution in [3.63, 3.8) is 0 Å². The van der Waals surface area contributed by atoms with Crippen molar-refractivity contribution in [3.8, 4) is 0 Å². The van der Waals surface area contributed by atoms with Crippen LogP contribution in [0.25, 0.3) is 5.65 Å². The molecule has 0 aliphatic rings. The number of fused-ring (bicyclic) bond motifs is 1. The highest BCUT2D eigenvalue weighted by atomic mass is 79.9. The van der Waals surface area contributed by atoms with Crippen LogP contribution in [0.4, 0.5) is 5.82 Å². The lowest BCUT2D eigenvalue weighted by Crippen LogP contribution is -2.04. The molecule has 0 atom stereocenters. The molecule has 1 N–H and O–H groups in total. The molecule has 0 fully saturated rings. The first-order chi connectivity index (χ1) is 9.58. The van der Waals surface area contributed by atoms with Crippen molar-refractivity contribution in [1.82, 2.24) is 19.2 Å². The van der Waals surface area contributed by atoms with E-state index >= 15 is 0 Å². The molecule has 0 aliphatic carbocycles. The fourth-order valence-electron chi connectivity index (χ4n) is 2.36. The van der Waals surface area contributed by atoms with Gasteiger partial charge >= 0.3 is 0 Å². The molecule has 3 aromatic heterocycles. The molecule has 6 heteroatoms. The number of aromatic nitrogens is 4. The molecule has 0 spiro atoms. The summed E-state index contributed by atoms with van der Waals surface area (Å²) >= 11 is 3.51. The topological polar surface area (TPSA) is 47.2 Å². The first-order valence-electron chi connectivity index (χ1n) is 6.42. The minimum absolute atomic E-state index is 0.742. The third-order valence-corrected chi connectivity index (χ3v) is 4.21. The maximum Gasteiger partial charge on any atom is 0.152 e. The van der Waals surface area contributed by atoms with Gasteiger partial charge in [0.25, 0.3) is 0 Å². The van der Waals surface area contributed by atoms with Crippen LogP contribution in [0.1, 0.15) is 17.0 Å². The second-order valence-electron chi connectivity index (χ2n) is 4.82. The number of halogens is 1. The average molecular weight is 334 g/mol. The third-order valence-electron chi connectivity index (χ3n) is 3.59. The molecule has 0 unspecified atom stereocenters. The van der Waals surface area contributed by atoms with Crippen LogP contribution in [0.3, 0.4) is 0 Å². The summed E-state index contributed by atoms with van der Waals surface area (Å²) in [5, 5.41) is 7.87. The standard InChI is InChI=1S/C14H16BrN5/c1-9-11(10(2)19(3)18-9)7-16-13-8-17-14-12(15)5-4-6-20(13)14/h4-6,8,16H,7H2,1-3H3. The summed E-state index contributed by atoms with van der Waals surface area (Å²) in [6, 6.07) is 3.98. The highest BCUT2D eigenvalue weighted by molar-refractivity contribution is 9.10. The molecule has 5 nitrogen and oxygen atoms in total. The molecule has 0 saturated heterocycles. The first-order valence-corrected chi connectivity index (χ1v) is 7.21. The molecule has 3 heterocycles. The predicted molar refractivity (Wildman–Crippen MR) is 82.9 cm³/mol. The van der Waals surface area contributed by atoms with Crippen molar-refractivity contribution in [2.24, 2.45) is 7.05 Å². The van der Waals surface area contributed by atoms with E-state index in [2.05, 4.69) is 38.3 Å². The SMILES string of the molecule is Cc1nn(C)c(C)c1CNc1cnc2c(Br)cccn12. The van der Waals surface area contributed by atoms with Crippen LogP contribution in [-0.2, 0) is 13.6 Å². The first kappa shape index (κ1) is 13.2. The third kappa shape index (κ3) is 2.10. The van der Waals surface area contributed by atoms with Gasteiger partial charge in [-0.2, -0.15) is 5.10 Å². The van der Waals surface area contributed by atoms with Gasteiger partial charge in [0.05, 0.1) is 16.4 Å². The number of nitrogens with zero attached hydrogens (tertiary/aromatic N) is 4. The molecule has 20 heavy (non-hydrogen) atoms. The molecule has 0 aromatic carbocycles. The lowest BCUT2D eigenvalue weighted by molar-refractivity contribution is 0.730. The van der Waals surface area contributed by atoms with Crippen LogP contribution in [0, 0.1) is 13.8 Å². The minimum Gasteiger partial charge on any atom is -0.366 e. The van der Waals surface area contributed by atoms with Crippen molar-refractivity contribution in [3.05, 3.63) is 46.0 Å². The molecule has 3 aromatic rings. The zero-order valence-corrected chi connectivity index (χ0v) is 13.3. The van der Waals surface area contributed by atoms with Gasteiger partial charge in [-0.15, -0.1) is 0 Å². The fraction of sp³-hybridized carbons (Fsp3) is 0.286. The lowest BCUT2D eigenvalue weighted by Gasteiger charge is -2.07. The number of hydrogen-bond donors (Lipinski definition) is 1. The highest BCUT2D eigenvalue weighted by Crippen LogP contribution is 2.21. The zero-order chi connectivity index (χ0) is 14.3. The summed E-state index contributed by atoms with van der Waals surface area (Å²) in [6.45, 7) is 4.86. The molecule has 0 amide bonds. The van der Waals surface area contributed by atoms with Crippen LogP contribution < -0.4 is 5.32 Å². The number of rotatable bonds is 3. The van der Waals surface area contributed by atoms with Crippen LogP contribution in [0.5, 0.6) is 0 Å². The van der Waals surface area contributed by atoms with Gasteiger partial charge in [0.1, 0.15) is 5.82 Å². The van der Waals surface area contributed by atoms with Crippen LogP contribution in [0.15, 0.2) is 29.0 Å². The van der Waals surface area contributed by atoms with E-state index in [9.17, 15) is 0 Å². The molecular formula is C14H16BrN5. The summed E-state index contributed by atoms with van der Waals surface area (Å²) in [5.41, 5.74) is 4.39. The summed E-state index contributed by atoms with van der Waals surface area (Å²) in [6.07, 6.45) is 3.85. The van der Waals surface area contributed by atoms with Gasteiger partial charge in [0.15, 0.2) is 5.65 Å². The Balaban J connectivity index is 1.89. The Bertz CT molecular complexity index is 771. The predicted octanol–water partition coefficient (Wildman–Crippen LogP) is 3.06. The summed E-state index contributed by atoms with van der Waals surface area (Å²) in [4.78, 5) is 4.41. The summed E-state index contributed by atoms with van der Waals surface area (Å²) < 4.78 is 4.93. The van der Waals surface area contributed by atoms with Crippen molar-refractivity contribution >= 4 is 27.4 Å². The second kappa shape index (κ2) is 4.94. The highest BCUT2D eigenvalue weighted by Gasteiger charge is 2.10. The number of hydrogen-bond acceptors (Lipinski definition) is 3. The zero-order valence-electron chi connectivity index (χ0n) is 11.7. The molecule has 0 radical (unpaired) electrons. The van der Waals surface area contributed by atoms with Gasteiger partial charge < -0.3 is 5.32 Å². The van der Waals surface area contributed by atoms with E-state index in [0.717, 1.165) is 28.2 Å². The molecular weight excluding hydrogens is 318 g/mol. The Kier molecular flexibility index (Phi) is 3.25. The molecule has 3 rings (SSSR count). The van der Waals surface area contributed by atoms with Crippen molar-refractivity contribution in [2.75, 3.05) is 5.32 Å². The molecule has 0 saturated carbocycles. The fourth-order valence-corrected chi connectivity index (χ4v) is 2.81. The van der Waals surface area contributed by atoms with Gasteiger partial charge in [0.2, 0.25) is 0 Å². The smallest absolute Gasteiger partial charge is 0.152 e. The number of aryl methyl sites for hydroxylation is 2. The van der Waals surface area contributed by atoms with E-state index in [1.807, 2.05) is 47.6 Å². The second-order valence-corrected chi connectivity index (χ2v) is 5.67.